The van der Waals surface area contributed by atoms with E-state index in [0.717, 1.165) is 16.8 Å². The Balaban J connectivity index is 2.70. The normalized spacial score (nSPS) is 11.7. The predicted molar refractivity (Wildman–Crippen MR) is 86.4 cm³/mol. The second-order valence-electron chi connectivity index (χ2n) is 5.79. The van der Waals surface area contributed by atoms with Crippen LogP contribution in [0.1, 0.15) is 32.0 Å². The molecule has 3 nitrogen and oxygen atoms in total. The van der Waals surface area contributed by atoms with Gasteiger partial charge in [0.05, 0.1) is 5.69 Å². The minimum absolute atomic E-state index is 0.163. The number of aryl methyl sites for hydroxylation is 1. The maximum absolute atomic E-state index is 13.2. The van der Waals surface area contributed by atoms with Crippen LogP contribution in [-0.2, 0) is 5.41 Å². The number of rotatable bonds is 1. The summed E-state index contributed by atoms with van der Waals surface area (Å²) in [5.41, 5.74) is 1.84. The molecule has 0 saturated carbocycles. The van der Waals surface area contributed by atoms with Gasteiger partial charge in [-0.05, 0) is 53.3 Å². The number of H-pyrrole nitrogens is 1. The fourth-order valence-corrected chi connectivity index (χ4v) is 3.04. The van der Waals surface area contributed by atoms with Crippen molar-refractivity contribution in [2.45, 2.75) is 33.1 Å². The van der Waals surface area contributed by atoms with Crippen molar-refractivity contribution in [3.8, 4) is 11.4 Å². The second kappa shape index (κ2) is 5.27. The van der Waals surface area contributed by atoms with Crippen LogP contribution in [0.4, 0.5) is 4.39 Å². The van der Waals surface area contributed by atoms with Crippen LogP contribution in [0.25, 0.3) is 11.4 Å². The van der Waals surface area contributed by atoms with Crippen LogP contribution in [0.15, 0.2) is 23.0 Å². The molecule has 0 fully saturated rings. The van der Waals surface area contributed by atoms with E-state index in [-0.39, 0.29) is 16.8 Å². The molecule has 20 heavy (non-hydrogen) atoms. The molecule has 0 radical (unpaired) electrons. The van der Waals surface area contributed by atoms with Crippen molar-refractivity contribution in [2.75, 3.05) is 0 Å². The second-order valence-corrected chi connectivity index (χ2v) is 6.87. The summed E-state index contributed by atoms with van der Waals surface area (Å²) in [6, 6.07) is 4.45. The average Bonchev–Trinajstić information content (AvgIpc) is 2.31. The lowest BCUT2D eigenvalue weighted by Gasteiger charge is -2.20. The molecule has 1 heterocycles. The fourth-order valence-electron chi connectivity index (χ4n) is 1.98. The van der Waals surface area contributed by atoms with Crippen molar-refractivity contribution in [3.05, 3.63) is 49.2 Å². The van der Waals surface area contributed by atoms with Gasteiger partial charge in [-0.3, -0.25) is 4.79 Å². The molecule has 0 amide bonds. The molecule has 5 heteroatoms. The van der Waals surface area contributed by atoms with Crippen molar-refractivity contribution in [3.63, 3.8) is 0 Å². The van der Waals surface area contributed by atoms with E-state index in [4.69, 9.17) is 0 Å². The van der Waals surface area contributed by atoms with Gasteiger partial charge in [0.15, 0.2) is 0 Å². The highest BCUT2D eigenvalue weighted by Gasteiger charge is 2.22. The highest BCUT2D eigenvalue weighted by molar-refractivity contribution is 14.1. The van der Waals surface area contributed by atoms with Crippen LogP contribution in [0.3, 0.4) is 0 Å². The highest BCUT2D eigenvalue weighted by Crippen LogP contribution is 2.26. The zero-order chi connectivity index (χ0) is 15.1. The molecule has 0 bridgehead atoms. The third-order valence-electron chi connectivity index (χ3n) is 3.02. The number of aromatic amines is 1. The maximum atomic E-state index is 13.2. The number of nitrogens with zero attached hydrogens (tertiary/aromatic N) is 1. The standard InChI is InChI=1S/C15H16FIN2O/c1-8-7-9(16)5-6-10(8)13-18-12(15(2,3)4)11(17)14(20)19-13/h5-7H,1-4H3,(H,18,19,20). The van der Waals surface area contributed by atoms with Crippen LogP contribution in [0.5, 0.6) is 0 Å². The summed E-state index contributed by atoms with van der Waals surface area (Å²) in [7, 11) is 0. The summed E-state index contributed by atoms with van der Waals surface area (Å²) in [5, 5.41) is 0. The van der Waals surface area contributed by atoms with Gasteiger partial charge in [-0.25, -0.2) is 9.37 Å². The van der Waals surface area contributed by atoms with Crippen LogP contribution >= 0.6 is 22.6 Å². The number of nitrogens with one attached hydrogen (secondary N) is 1. The van der Waals surface area contributed by atoms with E-state index in [1.807, 2.05) is 43.4 Å². The Bertz CT molecular complexity index is 717. The molecule has 1 N–H and O–H groups in total. The van der Waals surface area contributed by atoms with Crippen molar-refractivity contribution >= 4 is 22.6 Å². The lowest BCUT2D eigenvalue weighted by Crippen LogP contribution is -2.24. The Morgan fingerprint density at radius 3 is 2.50 bits per heavy atom. The molecule has 0 aliphatic rings. The van der Waals surface area contributed by atoms with Gasteiger partial charge < -0.3 is 4.98 Å². The molecule has 2 aromatic rings. The summed E-state index contributed by atoms with van der Waals surface area (Å²) in [6.07, 6.45) is 0. The minimum atomic E-state index is -0.296. The third-order valence-corrected chi connectivity index (χ3v) is 4.02. The van der Waals surface area contributed by atoms with Gasteiger partial charge >= 0.3 is 0 Å². The Hall–Kier alpha value is -1.24. The number of hydrogen-bond acceptors (Lipinski definition) is 2. The summed E-state index contributed by atoms with van der Waals surface area (Å²) in [5.74, 6) is 0.188. The SMILES string of the molecule is Cc1cc(F)ccc1-c1nc(C(C)(C)C)c(I)c(=O)[nH]1. The first-order chi connectivity index (χ1) is 9.20. The van der Waals surface area contributed by atoms with Crippen LogP contribution in [-0.4, -0.2) is 9.97 Å². The first-order valence-corrected chi connectivity index (χ1v) is 7.35. The average molecular weight is 386 g/mol. The Kier molecular flexibility index (Phi) is 4.00. The van der Waals surface area contributed by atoms with Crippen molar-refractivity contribution in [2.24, 2.45) is 0 Å². The maximum Gasteiger partial charge on any atom is 0.264 e. The number of aromatic nitrogens is 2. The summed E-state index contributed by atoms with van der Waals surface area (Å²) < 4.78 is 13.8. The van der Waals surface area contributed by atoms with Gasteiger partial charge in [0, 0.05) is 11.0 Å². The topological polar surface area (TPSA) is 45.8 Å². The zero-order valence-corrected chi connectivity index (χ0v) is 14.0. The molecular weight excluding hydrogens is 370 g/mol. The molecule has 0 unspecified atom stereocenters. The minimum Gasteiger partial charge on any atom is -0.306 e. The molecule has 0 atom stereocenters. The van der Waals surface area contributed by atoms with Crippen LogP contribution < -0.4 is 5.56 Å². The van der Waals surface area contributed by atoms with E-state index in [9.17, 15) is 9.18 Å². The number of hydrogen-bond donors (Lipinski definition) is 1. The quantitative estimate of drug-likeness (QED) is 0.759. The molecule has 0 spiro atoms. The Labute approximate surface area is 130 Å². The van der Waals surface area contributed by atoms with Gasteiger partial charge in [-0.15, -0.1) is 0 Å². The lowest BCUT2D eigenvalue weighted by molar-refractivity contribution is 0.562. The Morgan fingerprint density at radius 2 is 1.95 bits per heavy atom. The van der Waals surface area contributed by atoms with E-state index < -0.39 is 0 Å². The van der Waals surface area contributed by atoms with E-state index in [0.29, 0.717) is 9.39 Å². The Morgan fingerprint density at radius 1 is 1.30 bits per heavy atom. The van der Waals surface area contributed by atoms with Crippen molar-refractivity contribution in [1.82, 2.24) is 9.97 Å². The summed E-state index contributed by atoms with van der Waals surface area (Å²) >= 11 is 2.01. The first kappa shape index (κ1) is 15.2. The van der Waals surface area contributed by atoms with E-state index >= 15 is 0 Å². The lowest BCUT2D eigenvalue weighted by atomic mass is 9.92. The van der Waals surface area contributed by atoms with E-state index in [2.05, 4.69) is 9.97 Å². The third kappa shape index (κ3) is 2.92. The van der Waals surface area contributed by atoms with Crippen molar-refractivity contribution < 1.29 is 4.39 Å². The van der Waals surface area contributed by atoms with Gasteiger partial charge in [-0.2, -0.15) is 0 Å². The summed E-state index contributed by atoms with van der Waals surface area (Å²) in [4.78, 5) is 19.4. The molecule has 2 rings (SSSR count). The van der Waals surface area contributed by atoms with Gasteiger partial charge in [0.25, 0.3) is 5.56 Å². The van der Waals surface area contributed by atoms with Crippen LogP contribution in [0.2, 0.25) is 0 Å². The van der Waals surface area contributed by atoms with E-state index in [1.165, 1.54) is 12.1 Å². The van der Waals surface area contributed by atoms with Crippen LogP contribution in [0, 0.1) is 16.3 Å². The molecular formula is C15H16FIN2O. The molecule has 0 saturated heterocycles. The smallest absolute Gasteiger partial charge is 0.264 e. The predicted octanol–water partition coefficient (Wildman–Crippen LogP) is 3.79. The van der Waals surface area contributed by atoms with Crippen molar-refractivity contribution in [1.29, 1.82) is 0 Å². The van der Waals surface area contributed by atoms with Gasteiger partial charge in [0.2, 0.25) is 0 Å². The monoisotopic (exact) mass is 386 g/mol. The molecule has 0 aliphatic heterocycles. The number of halogens is 2. The first-order valence-electron chi connectivity index (χ1n) is 6.27. The molecule has 1 aromatic carbocycles. The largest absolute Gasteiger partial charge is 0.306 e. The fraction of sp³-hybridized carbons (Fsp3) is 0.333. The summed E-state index contributed by atoms with van der Waals surface area (Å²) in [6.45, 7) is 7.84. The number of benzene rings is 1. The van der Waals surface area contributed by atoms with Gasteiger partial charge in [-0.1, -0.05) is 20.8 Å². The van der Waals surface area contributed by atoms with E-state index in [1.54, 1.807) is 13.0 Å². The van der Waals surface area contributed by atoms with Gasteiger partial charge in [0.1, 0.15) is 15.2 Å². The molecule has 0 aliphatic carbocycles. The molecule has 1 aromatic heterocycles. The highest BCUT2D eigenvalue weighted by atomic mass is 127. The zero-order valence-electron chi connectivity index (χ0n) is 11.8. The molecule has 106 valence electrons.